The van der Waals surface area contributed by atoms with Gasteiger partial charge in [-0.15, -0.1) is 0 Å². The Morgan fingerprint density at radius 2 is 0.633 bits per heavy atom. The van der Waals surface area contributed by atoms with Crippen molar-refractivity contribution in [3.8, 4) is 0 Å². The van der Waals surface area contributed by atoms with Crippen molar-refractivity contribution in [3.05, 3.63) is 36.5 Å². The molecule has 0 spiro atoms. The Kier molecular flexibility index (Phi) is 66.9. The molecule has 0 fully saturated rings. The number of allylic oxidation sites excluding steroid dienone is 5. The van der Waals surface area contributed by atoms with Gasteiger partial charge < -0.3 is 20.3 Å². The topological polar surface area (TPSA) is 95.9 Å². The highest BCUT2D eigenvalue weighted by Gasteiger charge is 2.18. The SMILES string of the molecule is CCCCCCCCCCCCCCCCC/C=C/C(O)C(CO)NC(=O)CCCCCCCCCCCCCCCCCCC/C=C\C/C=C\CCCCCCCCCCCOC(=O)CCCCCCCCCCCCCC. The van der Waals surface area contributed by atoms with Gasteiger partial charge in [-0.2, -0.15) is 0 Å². The van der Waals surface area contributed by atoms with E-state index in [0.29, 0.717) is 19.4 Å². The Labute approximate surface area is 494 Å². The lowest BCUT2D eigenvalue weighted by atomic mass is 10.0. The standard InChI is InChI=1S/C73H139NO5/c1-3-5-7-9-11-13-15-17-18-36-39-42-45-49-53-57-61-65-71(76)70(69-75)74-72(77)66-62-58-54-50-46-43-40-37-34-32-30-28-26-24-22-20-19-21-23-25-27-29-31-33-35-38-41-44-48-52-56-60-64-68-79-73(78)67-63-59-55-51-47-16-14-12-10-8-6-4-2/h23,25,29,31,61,65,70-71,75-76H,3-22,24,26-28,30,32-60,62-64,66-69H2,1-2H3,(H,74,77)/b25-23-,31-29-,65-61+. The van der Waals surface area contributed by atoms with Gasteiger partial charge >= 0.3 is 5.97 Å². The predicted molar refractivity (Wildman–Crippen MR) is 347 cm³/mol. The van der Waals surface area contributed by atoms with Gasteiger partial charge in [0.05, 0.1) is 25.4 Å². The molecule has 0 aromatic heterocycles. The Morgan fingerprint density at radius 1 is 0.354 bits per heavy atom. The molecule has 0 aliphatic carbocycles. The van der Waals surface area contributed by atoms with Gasteiger partial charge in [0, 0.05) is 12.8 Å². The molecule has 6 nitrogen and oxygen atoms in total. The Morgan fingerprint density at radius 3 is 0.962 bits per heavy atom. The first-order chi connectivity index (χ1) is 39.0. The minimum Gasteiger partial charge on any atom is -0.466 e. The van der Waals surface area contributed by atoms with Gasteiger partial charge in [0.15, 0.2) is 0 Å². The van der Waals surface area contributed by atoms with E-state index in [-0.39, 0.29) is 18.5 Å². The van der Waals surface area contributed by atoms with Gasteiger partial charge in [-0.25, -0.2) is 0 Å². The number of aliphatic hydroxyl groups excluding tert-OH is 2. The summed E-state index contributed by atoms with van der Waals surface area (Å²) in [6, 6.07) is -0.627. The van der Waals surface area contributed by atoms with E-state index >= 15 is 0 Å². The molecule has 2 unspecified atom stereocenters. The molecule has 0 saturated heterocycles. The zero-order chi connectivity index (χ0) is 57.1. The number of aliphatic hydroxyl groups is 2. The minimum absolute atomic E-state index is 0.0150. The number of unbranched alkanes of at least 4 members (excludes halogenated alkanes) is 52. The highest BCUT2D eigenvalue weighted by atomic mass is 16.5. The number of ether oxygens (including phenoxy) is 1. The van der Waals surface area contributed by atoms with Crippen LogP contribution in [-0.4, -0.2) is 47.4 Å². The van der Waals surface area contributed by atoms with Crippen LogP contribution in [0.3, 0.4) is 0 Å². The zero-order valence-corrected chi connectivity index (χ0v) is 53.4. The fraction of sp³-hybridized carbons (Fsp3) is 0.890. The van der Waals surface area contributed by atoms with Crippen LogP contribution in [0.1, 0.15) is 393 Å². The largest absolute Gasteiger partial charge is 0.466 e. The summed E-state index contributed by atoms with van der Waals surface area (Å²) in [5.41, 5.74) is 0. The molecule has 0 saturated carbocycles. The molecule has 466 valence electrons. The number of nitrogens with one attached hydrogen (secondary N) is 1. The summed E-state index contributed by atoms with van der Waals surface area (Å²) < 4.78 is 5.48. The third kappa shape index (κ3) is 65.1. The van der Waals surface area contributed by atoms with Crippen molar-refractivity contribution in [2.45, 2.75) is 405 Å². The van der Waals surface area contributed by atoms with Crippen LogP contribution in [0.25, 0.3) is 0 Å². The third-order valence-corrected chi connectivity index (χ3v) is 16.7. The van der Waals surface area contributed by atoms with Crippen molar-refractivity contribution in [3.63, 3.8) is 0 Å². The second-order valence-electron chi connectivity index (χ2n) is 24.6. The maximum atomic E-state index is 12.5. The van der Waals surface area contributed by atoms with Crippen LogP contribution in [0.5, 0.6) is 0 Å². The van der Waals surface area contributed by atoms with E-state index in [2.05, 4.69) is 43.5 Å². The second-order valence-corrected chi connectivity index (χ2v) is 24.6. The Bertz CT molecular complexity index is 1280. The van der Waals surface area contributed by atoms with Crippen LogP contribution in [0.2, 0.25) is 0 Å². The molecule has 2 atom stereocenters. The minimum atomic E-state index is -0.843. The summed E-state index contributed by atoms with van der Waals surface area (Å²) in [5, 5.41) is 23.2. The summed E-state index contributed by atoms with van der Waals surface area (Å²) in [6.07, 6.45) is 88.0. The van der Waals surface area contributed by atoms with E-state index in [1.54, 1.807) is 6.08 Å². The summed E-state index contributed by atoms with van der Waals surface area (Å²) in [6.45, 7) is 4.93. The lowest BCUT2D eigenvalue weighted by Crippen LogP contribution is -2.45. The molecular formula is C73H139NO5. The number of carbonyl (C=O) groups is 2. The van der Waals surface area contributed by atoms with Crippen molar-refractivity contribution >= 4 is 11.9 Å². The van der Waals surface area contributed by atoms with Crippen molar-refractivity contribution in [1.82, 2.24) is 5.32 Å². The van der Waals surface area contributed by atoms with Gasteiger partial charge in [0.2, 0.25) is 5.91 Å². The Hall–Kier alpha value is -1.92. The van der Waals surface area contributed by atoms with Gasteiger partial charge in [0.1, 0.15) is 0 Å². The fourth-order valence-corrected chi connectivity index (χ4v) is 11.2. The molecule has 79 heavy (non-hydrogen) atoms. The molecule has 1 amide bonds. The fourth-order valence-electron chi connectivity index (χ4n) is 11.2. The lowest BCUT2D eigenvalue weighted by Gasteiger charge is -2.20. The van der Waals surface area contributed by atoms with Crippen molar-refractivity contribution in [2.75, 3.05) is 13.2 Å². The number of rotatable bonds is 67. The average molecular weight is 1110 g/mol. The second kappa shape index (κ2) is 68.6. The van der Waals surface area contributed by atoms with Crippen LogP contribution in [0.4, 0.5) is 0 Å². The lowest BCUT2D eigenvalue weighted by molar-refractivity contribution is -0.143. The third-order valence-electron chi connectivity index (χ3n) is 16.7. The quantitative estimate of drug-likeness (QED) is 0.0320. The molecule has 0 aliphatic heterocycles. The number of amides is 1. The molecule has 3 N–H and O–H groups in total. The van der Waals surface area contributed by atoms with Crippen LogP contribution in [0, 0.1) is 0 Å². The molecule has 0 aromatic rings. The molecule has 0 heterocycles. The first-order valence-electron chi connectivity index (χ1n) is 35.8. The Balaban J connectivity index is 3.40. The number of esters is 1. The van der Waals surface area contributed by atoms with E-state index < -0.39 is 12.1 Å². The first-order valence-corrected chi connectivity index (χ1v) is 35.8. The molecule has 0 rings (SSSR count). The summed E-state index contributed by atoms with van der Waals surface area (Å²) in [5.74, 6) is -0.0482. The van der Waals surface area contributed by atoms with E-state index in [0.717, 1.165) is 44.9 Å². The number of hydrogen-bond donors (Lipinski definition) is 3. The van der Waals surface area contributed by atoms with E-state index in [1.807, 2.05) is 6.08 Å². The van der Waals surface area contributed by atoms with Crippen LogP contribution < -0.4 is 5.32 Å². The number of carbonyl (C=O) groups excluding carboxylic acids is 2. The summed E-state index contributed by atoms with van der Waals surface area (Å²) >= 11 is 0. The van der Waals surface area contributed by atoms with Crippen LogP contribution in [0.15, 0.2) is 36.5 Å². The summed E-state index contributed by atoms with van der Waals surface area (Å²) in [4.78, 5) is 24.5. The normalized spacial score (nSPS) is 12.7. The highest BCUT2D eigenvalue weighted by Crippen LogP contribution is 2.18. The van der Waals surface area contributed by atoms with E-state index in [4.69, 9.17) is 4.74 Å². The predicted octanol–water partition coefficient (Wildman–Crippen LogP) is 23.1. The zero-order valence-electron chi connectivity index (χ0n) is 53.4. The van der Waals surface area contributed by atoms with Crippen molar-refractivity contribution < 1.29 is 24.5 Å². The van der Waals surface area contributed by atoms with Gasteiger partial charge in [-0.05, 0) is 64.2 Å². The monoisotopic (exact) mass is 1110 g/mol. The van der Waals surface area contributed by atoms with Gasteiger partial charge in [-0.3, -0.25) is 9.59 Å². The molecule has 0 aliphatic rings. The van der Waals surface area contributed by atoms with E-state index in [1.165, 1.54) is 321 Å². The van der Waals surface area contributed by atoms with Crippen molar-refractivity contribution in [1.29, 1.82) is 0 Å². The smallest absolute Gasteiger partial charge is 0.305 e. The number of hydrogen-bond acceptors (Lipinski definition) is 5. The van der Waals surface area contributed by atoms with E-state index in [9.17, 15) is 19.8 Å². The van der Waals surface area contributed by atoms with Gasteiger partial charge in [-0.1, -0.05) is 352 Å². The maximum absolute atomic E-state index is 12.5. The average Bonchev–Trinajstić information content (AvgIpc) is 3.45. The molecule has 0 aromatic carbocycles. The maximum Gasteiger partial charge on any atom is 0.305 e. The van der Waals surface area contributed by atoms with Gasteiger partial charge in [0.25, 0.3) is 0 Å². The molecule has 0 bridgehead atoms. The molecule has 0 radical (unpaired) electrons. The molecule has 6 heteroatoms. The van der Waals surface area contributed by atoms with Crippen molar-refractivity contribution in [2.24, 2.45) is 0 Å². The first kappa shape index (κ1) is 77.1. The van der Waals surface area contributed by atoms with Crippen LogP contribution in [-0.2, 0) is 14.3 Å². The molecular weight excluding hydrogens is 971 g/mol. The highest BCUT2D eigenvalue weighted by molar-refractivity contribution is 5.76. The van der Waals surface area contributed by atoms with Crippen LogP contribution >= 0.6 is 0 Å². The summed E-state index contributed by atoms with van der Waals surface area (Å²) in [7, 11) is 0.